The zero-order valence-electron chi connectivity index (χ0n) is 8.08. The van der Waals surface area contributed by atoms with Gasteiger partial charge in [0.25, 0.3) is 0 Å². The molecule has 4 nitrogen and oxygen atoms in total. The molecule has 0 saturated heterocycles. The summed E-state index contributed by atoms with van der Waals surface area (Å²) < 4.78 is 9.57. The molecule has 0 aromatic rings. The molecule has 1 N–H and O–H groups in total. The molecule has 4 heteroatoms. The summed E-state index contributed by atoms with van der Waals surface area (Å²) in [5.74, 6) is -0.441. The minimum atomic E-state index is -0.858. The fraction of sp³-hybridized carbons (Fsp3) is 0.667. The number of carbonyl (C=O) groups is 1. The van der Waals surface area contributed by atoms with Crippen molar-refractivity contribution in [1.82, 2.24) is 0 Å². The van der Waals surface area contributed by atoms with Crippen molar-refractivity contribution in [2.45, 2.75) is 26.6 Å². The lowest BCUT2D eigenvalue weighted by Crippen LogP contribution is -2.16. The fourth-order valence-corrected chi connectivity index (χ4v) is 0.651. The van der Waals surface area contributed by atoms with E-state index in [-0.39, 0.29) is 13.0 Å². The molecule has 0 aliphatic heterocycles. The fourth-order valence-electron chi connectivity index (χ4n) is 0.651. The number of carbonyl (C=O) groups excluding carboxylic acids is 1. The van der Waals surface area contributed by atoms with Gasteiger partial charge in [-0.2, -0.15) is 0 Å². The standard InChI is InChI=1S/C9H16O4/c1-4-12-8(10)5-6-13-9(11)7(2)3/h8,10H,2,4-6H2,1,3H3. The molecule has 0 rings (SSSR count). The number of hydrogen-bond acceptors (Lipinski definition) is 4. The number of hydrogen-bond donors (Lipinski definition) is 1. The van der Waals surface area contributed by atoms with Crippen molar-refractivity contribution in [2.75, 3.05) is 13.2 Å². The molecule has 13 heavy (non-hydrogen) atoms. The summed E-state index contributed by atoms with van der Waals surface area (Å²) in [4.78, 5) is 10.8. The molecule has 0 aromatic carbocycles. The Kier molecular flexibility index (Phi) is 6.18. The zero-order chi connectivity index (χ0) is 10.3. The van der Waals surface area contributed by atoms with Crippen LogP contribution >= 0.6 is 0 Å². The summed E-state index contributed by atoms with van der Waals surface area (Å²) >= 11 is 0. The quantitative estimate of drug-likeness (QED) is 0.381. The van der Waals surface area contributed by atoms with Crippen LogP contribution < -0.4 is 0 Å². The minimum absolute atomic E-state index is 0.146. The first kappa shape index (κ1) is 12.1. The van der Waals surface area contributed by atoms with E-state index in [2.05, 4.69) is 6.58 Å². The van der Waals surface area contributed by atoms with E-state index in [1.165, 1.54) is 0 Å². The highest BCUT2D eigenvalue weighted by Crippen LogP contribution is 1.97. The molecule has 76 valence electrons. The third kappa shape index (κ3) is 6.31. The Bertz CT molecular complexity index is 176. The van der Waals surface area contributed by atoms with E-state index < -0.39 is 12.3 Å². The predicted molar refractivity (Wildman–Crippen MR) is 48.0 cm³/mol. The Hall–Kier alpha value is -0.870. The smallest absolute Gasteiger partial charge is 0.333 e. The maximum absolute atomic E-state index is 10.8. The van der Waals surface area contributed by atoms with Crippen LogP contribution in [0.5, 0.6) is 0 Å². The van der Waals surface area contributed by atoms with Crippen LogP contribution in [0.1, 0.15) is 20.3 Å². The number of aliphatic hydroxyl groups excluding tert-OH is 1. The SMILES string of the molecule is C=C(C)C(=O)OCCC(O)OCC. The normalized spacial score (nSPS) is 12.2. The van der Waals surface area contributed by atoms with Crippen LogP contribution in [0.25, 0.3) is 0 Å². The summed E-state index contributed by atoms with van der Waals surface area (Å²) in [7, 11) is 0. The van der Waals surface area contributed by atoms with E-state index in [4.69, 9.17) is 14.6 Å². The zero-order valence-corrected chi connectivity index (χ0v) is 8.08. The molecular weight excluding hydrogens is 172 g/mol. The van der Waals surface area contributed by atoms with E-state index in [1.54, 1.807) is 13.8 Å². The van der Waals surface area contributed by atoms with Crippen molar-refractivity contribution in [2.24, 2.45) is 0 Å². The third-order valence-corrected chi connectivity index (χ3v) is 1.31. The van der Waals surface area contributed by atoms with Gasteiger partial charge in [0.15, 0.2) is 6.29 Å². The van der Waals surface area contributed by atoms with Crippen LogP contribution in [-0.4, -0.2) is 30.6 Å². The Morgan fingerprint density at radius 2 is 2.23 bits per heavy atom. The lowest BCUT2D eigenvalue weighted by Gasteiger charge is -2.10. The monoisotopic (exact) mass is 188 g/mol. The minimum Gasteiger partial charge on any atom is -0.462 e. The van der Waals surface area contributed by atoms with Gasteiger partial charge in [0.1, 0.15) is 0 Å². The molecule has 1 unspecified atom stereocenters. The summed E-state index contributed by atoms with van der Waals surface area (Å²) in [6, 6.07) is 0. The summed E-state index contributed by atoms with van der Waals surface area (Å²) in [6.45, 7) is 7.36. The number of ether oxygens (including phenoxy) is 2. The Labute approximate surface area is 78.2 Å². The summed E-state index contributed by atoms with van der Waals surface area (Å²) in [5, 5.41) is 9.06. The highest BCUT2D eigenvalue weighted by molar-refractivity contribution is 5.86. The molecule has 0 fully saturated rings. The molecule has 0 aromatic heterocycles. The lowest BCUT2D eigenvalue weighted by molar-refractivity contribution is -0.144. The first-order chi connectivity index (χ1) is 6.07. The van der Waals surface area contributed by atoms with E-state index >= 15 is 0 Å². The van der Waals surface area contributed by atoms with E-state index in [0.717, 1.165) is 0 Å². The summed E-state index contributed by atoms with van der Waals surface area (Å²) in [6.07, 6.45) is -0.574. The summed E-state index contributed by atoms with van der Waals surface area (Å²) in [5.41, 5.74) is 0.353. The van der Waals surface area contributed by atoms with Crippen molar-refractivity contribution in [3.8, 4) is 0 Å². The van der Waals surface area contributed by atoms with Crippen LogP contribution in [0.3, 0.4) is 0 Å². The molecule has 0 aliphatic carbocycles. The largest absolute Gasteiger partial charge is 0.462 e. The molecule has 0 spiro atoms. The first-order valence-electron chi connectivity index (χ1n) is 4.20. The van der Waals surface area contributed by atoms with Crippen LogP contribution in [0, 0.1) is 0 Å². The number of esters is 1. The van der Waals surface area contributed by atoms with Gasteiger partial charge in [0.2, 0.25) is 0 Å². The van der Waals surface area contributed by atoms with Gasteiger partial charge < -0.3 is 14.6 Å². The average molecular weight is 188 g/mol. The van der Waals surface area contributed by atoms with Gasteiger partial charge in [-0.05, 0) is 13.8 Å². The Morgan fingerprint density at radius 1 is 1.62 bits per heavy atom. The topological polar surface area (TPSA) is 55.8 Å². The van der Waals surface area contributed by atoms with Crippen molar-refractivity contribution in [3.63, 3.8) is 0 Å². The molecule has 0 bridgehead atoms. The van der Waals surface area contributed by atoms with E-state index in [1.807, 2.05) is 0 Å². The van der Waals surface area contributed by atoms with Gasteiger partial charge in [-0.15, -0.1) is 0 Å². The lowest BCUT2D eigenvalue weighted by atomic mass is 10.3. The molecular formula is C9H16O4. The van der Waals surface area contributed by atoms with Crippen LogP contribution in [0.4, 0.5) is 0 Å². The van der Waals surface area contributed by atoms with Crippen LogP contribution in [-0.2, 0) is 14.3 Å². The Morgan fingerprint density at radius 3 is 2.69 bits per heavy atom. The maximum atomic E-state index is 10.8. The van der Waals surface area contributed by atoms with E-state index in [9.17, 15) is 4.79 Å². The van der Waals surface area contributed by atoms with Gasteiger partial charge >= 0.3 is 5.97 Å². The molecule has 1 atom stereocenters. The van der Waals surface area contributed by atoms with Gasteiger partial charge in [0.05, 0.1) is 6.61 Å². The second-order valence-corrected chi connectivity index (χ2v) is 2.61. The third-order valence-electron chi connectivity index (χ3n) is 1.31. The molecule has 0 amide bonds. The van der Waals surface area contributed by atoms with Gasteiger partial charge in [-0.25, -0.2) is 4.79 Å². The molecule has 0 aliphatic rings. The maximum Gasteiger partial charge on any atom is 0.333 e. The molecule has 0 heterocycles. The van der Waals surface area contributed by atoms with Crippen molar-refractivity contribution < 1.29 is 19.4 Å². The second kappa shape index (κ2) is 6.62. The highest BCUT2D eigenvalue weighted by Gasteiger charge is 2.06. The van der Waals surface area contributed by atoms with Crippen molar-refractivity contribution in [3.05, 3.63) is 12.2 Å². The van der Waals surface area contributed by atoms with Crippen molar-refractivity contribution in [1.29, 1.82) is 0 Å². The van der Waals surface area contributed by atoms with Gasteiger partial charge in [-0.3, -0.25) is 0 Å². The molecule has 0 radical (unpaired) electrons. The Balaban J connectivity index is 3.44. The predicted octanol–water partition coefficient (Wildman–Crippen LogP) is 0.851. The number of rotatable bonds is 6. The molecule has 0 saturated carbocycles. The first-order valence-corrected chi connectivity index (χ1v) is 4.20. The van der Waals surface area contributed by atoms with Crippen LogP contribution in [0.15, 0.2) is 12.2 Å². The van der Waals surface area contributed by atoms with Gasteiger partial charge in [-0.1, -0.05) is 6.58 Å². The number of aliphatic hydroxyl groups is 1. The van der Waals surface area contributed by atoms with E-state index in [0.29, 0.717) is 12.2 Å². The van der Waals surface area contributed by atoms with Crippen molar-refractivity contribution >= 4 is 5.97 Å². The average Bonchev–Trinajstić information content (AvgIpc) is 2.04. The van der Waals surface area contributed by atoms with Crippen LogP contribution in [0.2, 0.25) is 0 Å². The second-order valence-electron chi connectivity index (χ2n) is 2.61. The highest BCUT2D eigenvalue weighted by atomic mass is 16.6. The van der Waals surface area contributed by atoms with Gasteiger partial charge in [0, 0.05) is 18.6 Å².